The van der Waals surface area contributed by atoms with E-state index in [9.17, 15) is 18.0 Å². The fraction of sp³-hybridized carbons (Fsp3) is 0.462. The summed E-state index contributed by atoms with van der Waals surface area (Å²) in [5.41, 5.74) is 0.605. The van der Waals surface area contributed by atoms with Crippen LogP contribution in [0.5, 0.6) is 0 Å². The van der Waals surface area contributed by atoms with Gasteiger partial charge in [0.15, 0.2) is 0 Å². The molecule has 1 amide bonds. The molecule has 0 aromatic carbocycles. The number of nitrogens with zero attached hydrogens (tertiary/aromatic N) is 2. The van der Waals surface area contributed by atoms with Crippen LogP contribution < -0.4 is 4.72 Å². The second kappa shape index (κ2) is 8.44. The number of aromatic nitrogens is 1. The van der Waals surface area contributed by atoms with E-state index in [1.807, 2.05) is 0 Å². The maximum absolute atomic E-state index is 12.1. The number of carbonyl (C=O) groups excluding carboxylic acids is 1. The Labute approximate surface area is 129 Å². The zero-order chi connectivity index (χ0) is 16.6. The molecule has 1 aromatic rings. The monoisotopic (exact) mass is 329 g/mol. The number of nitrogens with one attached hydrogen (secondary N) is 1. The summed E-state index contributed by atoms with van der Waals surface area (Å²) in [6, 6.07) is 5.20. The van der Waals surface area contributed by atoms with Crippen molar-refractivity contribution < 1.29 is 23.1 Å². The van der Waals surface area contributed by atoms with Gasteiger partial charge in [-0.05, 0) is 19.2 Å². The van der Waals surface area contributed by atoms with Gasteiger partial charge < -0.3 is 10.0 Å². The SMILES string of the molecule is CNS(=O)(=O)CCN(Cc1ccccn1)C(=O)CCC(=O)O. The summed E-state index contributed by atoms with van der Waals surface area (Å²) in [7, 11) is -2.16. The van der Waals surface area contributed by atoms with Gasteiger partial charge in [0.1, 0.15) is 0 Å². The number of sulfonamides is 1. The zero-order valence-corrected chi connectivity index (χ0v) is 13.0. The van der Waals surface area contributed by atoms with E-state index in [4.69, 9.17) is 5.11 Å². The second-order valence-corrected chi connectivity index (χ2v) is 6.60. The van der Waals surface area contributed by atoms with Crippen LogP contribution >= 0.6 is 0 Å². The molecule has 0 saturated carbocycles. The Hall–Kier alpha value is -2.00. The largest absolute Gasteiger partial charge is 0.481 e. The summed E-state index contributed by atoms with van der Waals surface area (Å²) in [5, 5.41) is 8.64. The topological polar surface area (TPSA) is 117 Å². The van der Waals surface area contributed by atoms with Crippen LogP contribution in [0, 0.1) is 0 Å². The smallest absolute Gasteiger partial charge is 0.303 e. The summed E-state index contributed by atoms with van der Waals surface area (Å²) < 4.78 is 25.1. The van der Waals surface area contributed by atoms with Crippen LogP contribution in [-0.2, 0) is 26.2 Å². The van der Waals surface area contributed by atoms with Gasteiger partial charge in [-0.2, -0.15) is 0 Å². The number of hydrogen-bond acceptors (Lipinski definition) is 5. The molecule has 0 atom stereocenters. The molecule has 0 bridgehead atoms. The highest BCUT2D eigenvalue weighted by atomic mass is 32.2. The molecule has 0 radical (unpaired) electrons. The molecule has 1 rings (SSSR count). The van der Waals surface area contributed by atoms with E-state index in [-0.39, 0.29) is 31.7 Å². The molecule has 0 aliphatic rings. The van der Waals surface area contributed by atoms with Gasteiger partial charge in [0, 0.05) is 19.2 Å². The summed E-state index contributed by atoms with van der Waals surface area (Å²) in [6.07, 6.45) is 1.09. The number of rotatable bonds is 9. The molecule has 0 unspecified atom stereocenters. The molecule has 1 aromatic heterocycles. The molecular weight excluding hydrogens is 310 g/mol. The minimum absolute atomic E-state index is 0.0296. The van der Waals surface area contributed by atoms with Crippen LogP contribution in [0.15, 0.2) is 24.4 Å². The Morgan fingerprint density at radius 2 is 2.05 bits per heavy atom. The summed E-state index contributed by atoms with van der Waals surface area (Å²) >= 11 is 0. The molecule has 0 spiro atoms. The molecule has 22 heavy (non-hydrogen) atoms. The molecule has 122 valence electrons. The van der Waals surface area contributed by atoms with E-state index in [2.05, 4.69) is 9.71 Å². The third-order valence-electron chi connectivity index (χ3n) is 2.93. The Morgan fingerprint density at radius 3 is 2.59 bits per heavy atom. The predicted molar refractivity (Wildman–Crippen MR) is 79.4 cm³/mol. The van der Waals surface area contributed by atoms with Crippen LogP contribution in [0.4, 0.5) is 0 Å². The van der Waals surface area contributed by atoms with Crippen LogP contribution in [-0.4, -0.2) is 54.6 Å². The lowest BCUT2D eigenvalue weighted by molar-refractivity contribution is -0.141. The first kappa shape index (κ1) is 18.1. The number of carbonyl (C=O) groups is 2. The van der Waals surface area contributed by atoms with Crippen molar-refractivity contribution in [3.63, 3.8) is 0 Å². The van der Waals surface area contributed by atoms with Crippen molar-refractivity contribution in [2.45, 2.75) is 19.4 Å². The van der Waals surface area contributed by atoms with E-state index < -0.39 is 21.9 Å². The highest BCUT2D eigenvalue weighted by molar-refractivity contribution is 7.89. The van der Waals surface area contributed by atoms with Gasteiger partial charge in [-0.25, -0.2) is 13.1 Å². The van der Waals surface area contributed by atoms with Gasteiger partial charge in [-0.3, -0.25) is 14.6 Å². The van der Waals surface area contributed by atoms with E-state index in [1.54, 1.807) is 24.4 Å². The fourth-order valence-corrected chi connectivity index (χ4v) is 2.35. The molecule has 0 saturated heterocycles. The number of hydrogen-bond donors (Lipinski definition) is 2. The van der Waals surface area contributed by atoms with Gasteiger partial charge in [-0.15, -0.1) is 0 Å². The van der Waals surface area contributed by atoms with Crippen molar-refractivity contribution in [2.75, 3.05) is 19.3 Å². The van der Waals surface area contributed by atoms with Gasteiger partial charge in [0.2, 0.25) is 15.9 Å². The van der Waals surface area contributed by atoms with Gasteiger partial charge in [0.25, 0.3) is 0 Å². The molecular formula is C13H19N3O5S. The lowest BCUT2D eigenvalue weighted by Gasteiger charge is -2.22. The Bertz CT molecular complexity index is 603. The minimum Gasteiger partial charge on any atom is -0.481 e. The van der Waals surface area contributed by atoms with Crippen LogP contribution in [0.25, 0.3) is 0 Å². The molecule has 2 N–H and O–H groups in total. The quantitative estimate of drug-likeness (QED) is 0.649. The molecule has 0 fully saturated rings. The molecule has 9 heteroatoms. The minimum atomic E-state index is -3.45. The third-order valence-corrected chi connectivity index (χ3v) is 4.27. The normalized spacial score (nSPS) is 11.1. The molecule has 1 heterocycles. The first-order valence-corrected chi connectivity index (χ1v) is 8.30. The average molecular weight is 329 g/mol. The van der Waals surface area contributed by atoms with Crippen LogP contribution in [0.1, 0.15) is 18.5 Å². The number of carboxylic acid groups (broad SMARTS) is 1. The number of aliphatic carboxylic acids is 1. The van der Waals surface area contributed by atoms with Gasteiger partial charge >= 0.3 is 5.97 Å². The summed E-state index contributed by atoms with van der Waals surface area (Å²) in [5.74, 6) is -1.75. The van der Waals surface area contributed by atoms with E-state index in [0.29, 0.717) is 5.69 Å². The van der Waals surface area contributed by atoms with E-state index >= 15 is 0 Å². The number of carboxylic acids is 1. The fourth-order valence-electron chi connectivity index (χ4n) is 1.68. The van der Waals surface area contributed by atoms with E-state index in [1.165, 1.54) is 11.9 Å². The van der Waals surface area contributed by atoms with Crippen molar-refractivity contribution in [3.8, 4) is 0 Å². The average Bonchev–Trinajstić information content (AvgIpc) is 2.50. The van der Waals surface area contributed by atoms with Crippen molar-refractivity contribution >= 4 is 21.9 Å². The van der Waals surface area contributed by atoms with Gasteiger partial charge in [0.05, 0.1) is 24.4 Å². The third kappa shape index (κ3) is 6.64. The number of pyridine rings is 1. The zero-order valence-electron chi connectivity index (χ0n) is 12.2. The second-order valence-electron chi connectivity index (χ2n) is 4.55. The summed E-state index contributed by atoms with van der Waals surface area (Å²) in [4.78, 5) is 28.0. The highest BCUT2D eigenvalue weighted by Crippen LogP contribution is 2.06. The Balaban J connectivity index is 2.75. The van der Waals surface area contributed by atoms with Crippen molar-refractivity contribution in [1.29, 1.82) is 0 Å². The number of amides is 1. The lowest BCUT2D eigenvalue weighted by atomic mass is 10.2. The predicted octanol–water partition coefficient (Wildman–Crippen LogP) is -0.176. The lowest BCUT2D eigenvalue weighted by Crippen LogP contribution is -2.37. The maximum atomic E-state index is 12.1. The molecule has 0 aliphatic carbocycles. The van der Waals surface area contributed by atoms with Crippen LogP contribution in [0.3, 0.4) is 0 Å². The molecule has 8 nitrogen and oxygen atoms in total. The highest BCUT2D eigenvalue weighted by Gasteiger charge is 2.18. The first-order chi connectivity index (χ1) is 10.3. The maximum Gasteiger partial charge on any atom is 0.303 e. The van der Waals surface area contributed by atoms with Gasteiger partial charge in [-0.1, -0.05) is 6.07 Å². The van der Waals surface area contributed by atoms with E-state index in [0.717, 1.165) is 0 Å². The summed E-state index contributed by atoms with van der Waals surface area (Å²) in [6.45, 7) is 0.108. The Kier molecular flexibility index (Phi) is 6.93. The van der Waals surface area contributed by atoms with Crippen molar-refractivity contribution in [2.24, 2.45) is 0 Å². The first-order valence-electron chi connectivity index (χ1n) is 6.65. The Morgan fingerprint density at radius 1 is 1.32 bits per heavy atom. The van der Waals surface area contributed by atoms with Crippen LogP contribution in [0.2, 0.25) is 0 Å². The standard InChI is InChI=1S/C13H19N3O5S/c1-14-22(20,21)9-8-16(12(17)5-6-13(18)19)10-11-4-2-3-7-15-11/h2-4,7,14H,5-6,8-10H2,1H3,(H,18,19). The molecule has 0 aliphatic heterocycles. The van der Waals surface area contributed by atoms with Crippen molar-refractivity contribution in [1.82, 2.24) is 14.6 Å². The van der Waals surface area contributed by atoms with Crippen molar-refractivity contribution in [3.05, 3.63) is 30.1 Å².